The summed E-state index contributed by atoms with van der Waals surface area (Å²) in [4.78, 5) is 4.78. The van der Waals surface area contributed by atoms with Gasteiger partial charge >= 0.3 is 0 Å². The molecule has 0 bridgehead atoms. The molecule has 2 saturated heterocycles. The second kappa shape index (κ2) is 8.85. The van der Waals surface area contributed by atoms with Crippen molar-refractivity contribution in [2.24, 2.45) is 0 Å². The van der Waals surface area contributed by atoms with Gasteiger partial charge in [-0.05, 0) is 48.2 Å². The van der Waals surface area contributed by atoms with Gasteiger partial charge in [0.05, 0.1) is 13.2 Å². The molecule has 0 N–H and O–H groups in total. The summed E-state index contributed by atoms with van der Waals surface area (Å²) in [7, 11) is 0. The molecule has 0 radical (unpaired) electrons. The van der Waals surface area contributed by atoms with Gasteiger partial charge < -0.3 is 19.3 Å². The van der Waals surface area contributed by atoms with E-state index < -0.39 is 0 Å². The van der Waals surface area contributed by atoms with Crippen LogP contribution in [-0.2, 0) is 9.47 Å². The van der Waals surface area contributed by atoms with E-state index >= 15 is 0 Å². The highest BCUT2D eigenvalue weighted by Crippen LogP contribution is 2.39. The molecular formula is C25H30F2N2O2. The topological polar surface area (TPSA) is 24.9 Å². The fraction of sp³-hybridized carbons (Fsp3) is 0.520. The van der Waals surface area contributed by atoms with Crippen molar-refractivity contribution in [3.8, 4) is 0 Å². The van der Waals surface area contributed by atoms with Crippen molar-refractivity contribution < 1.29 is 18.3 Å². The van der Waals surface area contributed by atoms with Crippen LogP contribution in [0.4, 0.5) is 14.5 Å². The summed E-state index contributed by atoms with van der Waals surface area (Å²) in [5.41, 5.74) is 3.20. The van der Waals surface area contributed by atoms with E-state index in [9.17, 15) is 8.78 Å². The number of hydrogen-bond acceptors (Lipinski definition) is 4. The fourth-order valence-corrected chi connectivity index (χ4v) is 5.29. The minimum atomic E-state index is -0.350. The summed E-state index contributed by atoms with van der Waals surface area (Å²) in [6, 6.07) is 11.9. The van der Waals surface area contributed by atoms with Crippen LogP contribution in [0, 0.1) is 11.6 Å². The molecule has 5 rings (SSSR count). The van der Waals surface area contributed by atoms with Crippen LogP contribution < -0.4 is 4.90 Å². The lowest BCUT2D eigenvalue weighted by Gasteiger charge is -2.38. The predicted molar refractivity (Wildman–Crippen MR) is 116 cm³/mol. The van der Waals surface area contributed by atoms with Gasteiger partial charge in [0.25, 0.3) is 0 Å². The van der Waals surface area contributed by atoms with Crippen LogP contribution in [0.25, 0.3) is 0 Å². The lowest BCUT2D eigenvalue weighted by Crippen LogP contribution is -2.47. The van der Waals surface area contributed by atoms with E-state index in [0.29, 0.717) is 13.2 Å². The molecule has 2 aromatic carbocycles. The Hall–Kier alpha value is -2.02. The quantitative estimate of drug-likeness (QED) is 0.714. The van der Waals surface area contributed by atoms with Gasteiger partial charge in [0.2, 0.25) is 0 Å². The SMILES string of the molecule is Fc1ccc(C2CCCN(CCN3CCC4(CC3)OCCO4)c3cc(F)ccc32)cc1. The van der Waals surface area contributed by atoms with Gasteiger partial charge in [0.1, 0.15) is 11.6 Å². The molecule has 0 aromatic heterocycles. The van der Waals surface area contributed by atoms with Crippen molar-refractivity contribution in [3.63, 3.8) is 0 Å². The number of halogens is 2. The van der Waals surface area contributed by atoms with Crippen molar-refractivity contribution in [1.82, 2.24) is 4.90 Å². The van der Waals surface area contributed by atoms with E-state index in [-0.39, 0.29) is 23.3 Å². The number of ether oxygens (including phenoxy) is 2. The predicted octanol–water partition coefficient (Wildman–Crippen LogP) is 4.54. The number of hydrogen-bond donors (Lipinski definition) is 0. The molecule has 3 aliphatic heterocycles. The second-order valence-corrected chi connectivity index (χ2v) is 8.89. The van der Waals surface area contributed by atoms with Crippen molar-refractivity contribution in [2.75, 3.05) is 50.8 Å². The summed E-state index contributed by atoms with van der Waals surface area (Å²) >= 11 is 0. The molecule has 0 saturated carbocycles. The molecule has 2 fully saturated rings. The Balaban J connectivity index is 1.30. The van der Waals surface area contributed by atoms with E-state index in [1.165, 1.54) is 12.1 Å². The third-order valence-electron chi connectivity index (χ3n) is 7.02. The molecule has 0 aliphatic carbocycles. The van der Waals surface area contributed by atoms with Crippen molar-refractivity contribution in [2.45, 2.75) is 37.4 Å². The zero-order chi connectivity index (χ0) is 21.3. The van der Waals surface area contributed by atoms with Gasteiger partial charge in [-0.1, -0.05) is 18.2 Å². The summed E-state index contributed by atoms with van der Waals surface area (Å²) in [5.74, 6) is -0.626. The molecule has 3 aliphatic rings. The molecular weight excluding hydrogens is 398 g/mol. The number of anilines is 1. The molecule has 0 amide bonds. The summed E-state index contributed by atoms with van der Waals surface area (Å²) in [5, 5.41) is 0. The molecule has 1 atom stereocenters. The summed E-state index contributed by atoms with van der Waals surface area (Å²) in [6.07, 6.45) is 3.81. The van der Waals surface area contributed by atoms with Crippen LogP contribution in [0.1, 0.15) is 42.7 Å². The molecule has 1 unspecified atom stereocenters. The highest BCUT2D eigenvalue weighted by molar-refractivity contribution is 5.58. The molecule has 6 heteroatoms. The van der Waals surface area contributed by atoms with Gasteiger partial charge in [-0.2, -0.15) is 0 Å². The van der Waals surface area contributed by atoms with Crippen LogP contribution >= 0.6 is 0 Å². The first-order chi connectivity index (χ1) is 15.1. The Morgan fingerprint density at radius 1 is 0.871 bits per heavy atom. The zero-order valence-corrected chi connectivity index (χ0v) is 17.9. The number of benzene rings is 2. The monoisotopic (exact) mass is 428 g/mol. The van der Waals surface area contributed by atoms with E-state index in [4.69, 9.17) is 9.47 Å². The van der Waals surface area contributed by atoms with Crippen molar-refractivity contribution in [3.05, 3.63) is 65.2 Å². The average Bonchev–Trinajstić information content (AvgIpc) is 3.16. The van der Waals surface area contributed by atoms with E-state index in [1.54, 1.807) is 12.1 Å². The first kappa shape index (κ1) is 20.9. The average molecular weight is 429 g/mol. The number of rotatable bonds is 4. The highest BCUT2D eigenvalue weighted by atomic mass is 19.1. The Kier molecular flexibility index (Phi) is 5.95. The fourth-order valence-electron chi connectivity index (χ4n) is 5.29. The third-order valence-corrected chi connectivity index (χ3v) is 7.02. The Labute approximate surface area is 182 Å². The molecule has 3 heterocycles. The number of piperidine rings is 1. The molecule has 4 nitrogen and oxygen atoms in total. The summed E-state index contributed by atoms with van der Waals surface area (Å²) < 4.78 is 39.3. The molecule has 31 heavy (non-hydrogen) atoms. The van der Waals surface area contributed by atoms with Gasteiger partial charge in [0.15, 0.2) is 5.79 Å². The standard InChI is InChI=1S/C25H30F2N2O2/c26-20-5-3-19(4-6-20)22-2-1-11-29(24-18-21(27)7-8-23(22)24)15-14-28-12-9-25(10-13-28)30-16-17-31-25/h3-8,18,22H,1-2,9-17H2. The smallest absolute Gasteiger partial charge is 0.170 e. The number of fused-ring (bicyclic) bond motifs is 1. The lowest BCUT2D eigenvalue weighted by molar-refractivity contribution is -0.184. The van der Waals surface area contributed by atoms with Crippen LogP contribution in [0.15, 0.2) is 42.5 Å². The first-order valence-corrected chi connectivity index (χ1v) is 11.4. The maximum Gasteiger partial charge on any atom is 0.170 e. The molecule has 2 aromatic rings. The normalized spacial score (nSPS) is 23.7. The van der Waals surface area contributed by atoms with Crippen LogP contribution in [-0.4, -0.2) is 56.6 Å². The van der Waals surface area contributed by atoms with E-state index in [0.717, 1.165) is 75.2 Å². The summed E-state index contributed by atoms with van der Waals surface area (Å²) in [6.45, 7) is 6.02. The highest BCUT2D eigenvalue weighted by Gasteiger charge is 2.39. The Bertz CT molecular complexity index is 889. The maximum atomic E-state index is 14.2. The minimum absolute atomic E-state index is 0.160. The Morgan fingerprint density at radius 2 is 1.58 bits per heavy atom. The number of nitrogens with zero attached hydrogens (tertiary/aromatic N) is 2. The first-order valence-electron chi connectivity index (χ1n) is 11.4. The zero-order valence-electron chi connectivity index (χ0n) is 17.9. The van der Waals surface area contributed by atoms with Gasteiger partial charge in [0, 0.05) is 57.2 Å². The maximum absolute atomic E-state index is 14.2. The van der Waals surface area contributed by atoms with Crippen LogP contribution in [0.5, 0.6) is 0 Å². The van der Waals surface area contributed by atoms with Crippen LogP contribution in [0.2, 0.25) is 0 Å². The van der Waals surface area contributed by atoms with E-state index in [2.05, 4.69) is 9.80 Å². The Morgan fingerprint density at radius 3 is 2.32 bits per heavy atom. The molecule has 166 valence electrons. The molecule has 1 spiro atoms. The largest absolute Gasteiger partial charge is 0.370 e. The lowest BCUT2D eigenvalue weighted by atomic mass is 9.87. The van der Waals surface area contributed by atoms with Crippen molar-refractivity contribution >= 4 is 5.69 Å². The van der Waals surface area contributed by atoms with Crippen LogP contribution in [0.3, 0.4) is 0 Å². The van der Waals surface area contributed by atoms with E-state index in [1.807, 2.05) is 18.2 Å². The van der Waals surface area contributed by atoms with Crippen molar-refractivity contribution in [1.29, 1.82) is 0 Å². The minimum Gasteiger partial charge on any atom is -0.370 e. The van der Waals surface area contributed by atoms with Gasteiger partial charge in [-0.25, -0.2) is 8.78 Å². The van der Waals surface area contributed by atoms with Gasteiger partial charge in [-0.15, -0.1) is 0 Å². The van der Waals surface area contributed by atoms with Gasteiger partial charge in [-0.3, -0.25) is 0 Å². The second-order valence-electron chi connectivity index (χ2n) is 8.89. The number of likely N-dealkylation sites (tertiary alicyclic amines) is 1. The third kappa shape index (κ3) is 4.47.